The molecular formula is C23H25ClF3NO5. The molecule has 10 heteroatoms. The van der Waals surface area contributed by atoms with E-state index in [-0.39, 0.29) is 0 Å². The number of carboxylic acid groups (broad SMARTS) is 1. The molecule has 1 unspecified atom stereocenters. The van der Waals surface area contributed by atoms with Crippen molar-refractivity contribution in [2.75, 3.05) is 34.4 Å². The molecule has 0 radical (unpaired) electrons. The lowest BCUT2D eigenvalue weighted by Gasteiger charge is -2.38. The van der Waals surface area contributed by atoms with Crippen LogP contribution in [0.25, 0.3) is 0 Å². The van der Waals surface area contributed by atoms with Gasteiger partial charge in [0, 0.05) is 11.6 Å². The topological polar surface area (TPSA) is 68.2 Å². The lowest BCUT2D eigenvalue weighted by molar-refractivity contribution is -0.143. The van der Waals surface area contributed by atoms with Gasteiger partial charge in [0.1, 0.15) is 5.75 Å². The third-order valence-corrected chi connectivity index (χ3v) is 6.22. The van der Waals surface area contributed by atoms with Crippen molar-refractivity contribution < 1.29 is 37.3 Å². The van der Waals surface area contributed by atoms with Crippen molar-refractivity contribution in [1.82, 2.24) is 4.90 Å². The number of nitrogens with zero attached hydrogens (tertiary/aromatic N) is 1. The van der Waals surface area contributed by atoms with E-state index in [4.69, 9.17) is 25.8 Å². The number of alkyl halides is 3. The number of methoxy groups -OCH3 is 3. The number of benzene rings is 2. The van der Waals surface area contributed by atoms with Crippen LogP contribution < -0.4 is 14.2 Å². The van der Waals surface area contributed by atoms with Gasteiger partial charge in [-0.15, -0.1) is 0 Å². The Morgan fingerprint density at radius 1 is 1.03 bits per heavy atom. The van der Waals surface area contributed by atoms with Crippen molar-refractivity contribution in [1.29, 1.82) is 0 Å². The second-order valence-corrected chi connectivity index (χ2v) is 8.14. The van der Waals surface area contributed by atoms with Crippen molar-refractivity contribution in [3.63, 3.8) is 0 Å². The highest BCUT2D eigenvalue weighted by Crippen LogP contribution is 2.44. The van der Waals surface area contributed by atoms with Gasteiger partial charge in [-0.05, 0) is 49.7 Å². The van der Waals surface area contributed by atoms with E-state index in [1.807, 2.05) is 4.90 Å². The van der Waals surface area contributed by atoms with Gasteiger partial charge < -0.3 is 19.3 Å². The van der Waals surface area contributed by atoms with Crippen LogP contribution in [0, 0.1) is 5.92 Å². The van der Waals surface area contributed by atoms with Crippen LogP contribution in [0.5, 0.6) is 17.2 Å². The first-order valence-electron chi connectivity index (χ1n) is 10.2. The van der Waals surface area contributed by atoms with E-state index in [2.05, 4.69) is 0 Å². The quantitative estimate of drug-likeness (QED) is 0.574. The first-order valence-corrected chi connectivity index (χ1v) is 10.6. The monoisotopic (exact) mass is 487 g/mol. The van der Waals surface area contributed by atoms with Crippen LogP contribution >= 0.6 is 11.6 Å². The molecule has 2 aromatic rings. The zero-order valence-electron chi connectivity index (χ0n) is 18.4. The molecule has 0 bridgehead atoms. The Hall–Kier alpha value is -2.65. The number of ether oxygens (including phenoxy) is 3. The number of hydrogen-bond donors (Lipinski definition) is 1. The van der Waals surface area contributed by atoms with E-state index in [0.29, 0.717) is 54.3 Å². The summed E-state index contributed by atoms with van der Waals surface area (Å²) in [5.74, 6) is -0.162. The van der Waals surface area contributed by atoms with Crippen molar-refractivity contribution in [3.8, 4) is 17.2 Å². The van der Waals surface area contributed by atoms with Crippen LogP contribution in [0.2, 0.25) is 5.02 Å². The fraction of sp³-hybridized carbons (Fsp3) is 0.435. The van der Waals surface area contributed by atoms with E-state index in [1.165, 1.54) is 27.4 Å². The largest absolute Gasteiger partial charge is 0.496 e. The second-order valence-electron chi connectivity index (χ2n) is 7.74. The third-order valence-electron chi connectivity index (χ3n) is 5.89. The Bertz CT molecular complexity index is 1010. The number of hydrogen-bond acceptors (Lipinski definition) is 5. The van der Waals surface area contributed by atoms with Crippen LogP contribution in [0.1, 0.15) is 35.6 Å². The zero-order valence-corrected chi connectivity index (χ0v) is 19.2. The predicted molar refractivity (Wildman–Crippen MR) is 116 cm³/mol. The first kappa shape index (κ1) is 25.0. The minimum absolute atomic E-state index is 0.353. The predicted octanol–water partition coefficient (Wildman–Crippen LogP) is 5.27. The highest BCUT2D eigenvalue weighted by Gasteiger charge is 2.37. The standard InChI is InChI=1S/C23H25ClF3NO5/c1-31-18-12-20(33-3)19(32-2)11-15(18)21(28-8-6-13(7-9-28)22(29)30)14-4-5-17(24)16(10-14)23(25,26)27/h4-5,10-13,21H,6-9H2,1-3H3,(H,29,30). The van der Waals surface area contributed by atoms with Crippen molar-refractivity contribution in [2.24, 2.45) is 5.92 Å². The minimum Gasteiger partial charge on any atom is -0.496 e. The molecule has 180 valence electrons. The fourth-order valence-corrected chi connectivity index (χ4v) is 4.41. The molecule has 6 nitrogen and oxygen atoms in total. The Kier molecular flexibility index (Phi) is 7.64. The maximum Gasteiger partial charge on any atom is 0.417 e. The summed E-state index contributed by atoms with van der Waals surface area (Å²) in [4.78, 5) is 13.4. The molecule has 1 heterocycles. The van der Waals surface area contributed by atoms with Crippen molar-refractivity contribution in [2.45, 2.75) is 25.1 Å². The molecule has 1 fully saturated rings. The van der Waals surface area contributed by atoms with E-state index >= 15 is 0 Å². The van der Waals surface area contributed by atoms with Gasteiger partial charge in [0.25, 0.3) is 0 Å². The Morgan fingerprint density at radius 3 is 2.12 bits per heavy atom. The summed E-state index contributed by atoms with van der Waals surface area (Å²) < 4.78 is 57.2. The molecule has 0 amide bonds. The molecule has 33 heavy (non-hydrogen) atoms. The summed E-state index contributed by atoms with van der Waals surface area (Å²) in [6.45, 7) is 0.756. The Balaban J connectivity index is 2.17. The van der Waals surface area contributed by atoms with Gasteiger partial charge in [-0.25, -0.2) is 0 Å². The number of rotatable bonds is 7. The summed E-state index contributed by atoms with van der Waals surface area (Å²) in [6, 6.07) is 6.44. The van der Waals surface area contributed by atoms with Gasteiger partial charge in [0.15, 0.2) is 11.5 Å². The number of carbonyl (C=O) groups is 1. The smallest absolute Gasteiger partial charge is 0.417 e. The number of halogens is 4. The molecule has 0 aliphatic carbocycles. The SMILES string of the molecule is COc1cc(OC)c(C(c2ccc(Cl)c(C(F)(F)F)c2)N2CCC(C(=O)O)CC2)cc1OC. The summed E-state index contributed by atoms with van der Waals surface area (Å²) in [7, 11) is 4.40. The molecule has 1 aliphatic heterocycles. The van der Waals surface area contributed by atoms with Gasteiger partial charge in [0.2, 0.25) is 0 Å². The Morgan fingerprint density at radius 2 is 1.61 bits per heavy atom. The molecule has 1 aliphatic rings. The number of aliphatic carboxylic acids is 1. The highest BCUT2D eigenvalue weighted by molar-refractivity contribution is 6.31. The van der Waals surface area contributed by atoms with Crippen LogP contribution in [0.4, 0.5) is 13.2 Å². The lowest BCUT2D eigenvalue weighted by Crippen LogP contribution is -2.39. The minimum atomic E-state index is -4.63. The van der Waals surface area contributed by atoms with Crippen LogP contribution in [-0.2, 0) is 11.0 Å². The summed E-state index contributed by atoms with van der Waals surface area (Å²) in [5.41, 5.74) is -0.0167. The van der Waals surface area contributed by atoms with Gasteiger partial charge in [0.05, 0.1) is 43.9 Å². The van der Waals surface area contributed by atoms with Crippen molar-refractivity contribution in [3.05, 3.63) is 52.0 Å². The van der Waals surface area contributed by atoms with E-state index in [0.717, 1.165) is 6.07 Å². The highest BCUT2D eigenvalue weighted by atomic mass is 35.5. The van der Waals surface area contributed by atoms with E-state index in [9.17, 15) is 23.1 Å². The van der Waals surface area contributed by atoms with Crippen LogP contribution in [0.15, 0.2) is 30.3 Å². The summed E-state index contributed by atoms with van der Waals surface area (Å²) in [6.07, 6.45) is -3.88. The molecule has 0 aromatic heterocycles. The average molecular weight is 488 g/mol. The molecule has 2 aromatic carbocycles. The fourth-order valence-electron chi connectivity index (χ4n) is 4.19. The van der Waals surface area contributed by atoms with Crippen LogP contribution in [0.3, 0.4) is 0 Å². The van der Waals surface area contributed by atoms with Gasteiger partial charge in [-0.1, -0.05) is 17.7 Å². The number of carboxylic acids is 1. The normalized spacial score (nSPS) is 16.3. The maximum absolute atomic E-state index is 13.6. The second kappa shape index (κ2) is 10.1. The van der Waals surface area contributed by atoms with E-state index < -0.39 is 34.7 Å². The molecule has 1 saturated heterocycles. The van der Waals surface area contributed by atoms with Gasteiger partial charge in [-0.3, -0.25) is 9.69 Å². The summed E-state index contributed by atoms with van der Waals surface area (Å²) in [5, 5.41) is 8.96. The Labute approximate surface area is 194 Å². The van der Waals surface area contributed by atoms with Gasteiger partial charge >= 0.3 is 12.1 Å². The zero-order chi connectivity index (χ0) is 24.3. The molecule has 3 rings (SSSR count). The number of likely N-dealkylation sites (tertiary alicyclic amines) is 1. The molecule has 0 saturated carbocycles. The lowest BCUT2D eigenvalue weighted by atomic mass is 9.90. The summed E-state index contributed by atoms with van der Waals surface area (Å²) >= 11 is 5.86. The van der Waals surface area contributed by atoms with Crippen molar-refractivity contribution >= 4 is 17.6 Å². The molecular weight excluding hydrogens is 463 g/mol. The van der Waals surface area contributed by atoms with Crippen LogP contribution in [-0.4, -0.2) is 50.4 Å². The molecule has 1 atom stereocenters. The third kappa shape index (κ3) is 5.30. The number of piperidine rings is 1. The first-order chi connectivity index (χ1) is 15.6. The molecule has 1 N–H and O–H groups in total. The maximum atomic E-state index is 13.6. The van der Waals surface area contributed by atoms with Gasteiger partial charge in [-0.2, -0.15) is 13.2 Å². The average Bonchev–Trinajstić information content (AvgIpc) is 2.79. The van der Waals surface area contributed by atoms with E-state index in [1.54, 1.807) is 18.2 Å². The molecule has 0 spiro atoms.